The van der Waals surface area contributed by atoms with Crippen molar-refractivity contribution in [2.75, 3.05) is 4.90 Å². The monoisotopic (exact) mass is 453 g/mol. The van der Waals surface area contributed by atoms with E-state index >= 15 is 0 Å². The fourth-order valence-corrected chi connectivity index (χ4v) is 4.67. The number of amides is 2. The number of H-pyrrole nitrogens is 1. The van der Waals surface area contributed by atoms with Crippen LogP contribution in [0.2, 0.25) is 5.02 Å². The number of nitrogens with zero attached hydrogens (tertiary/aromatic N) is 2. The first-order chi connectivity index (χ1) is 14.6. The molecule has 1 fully saturated rings. The molecule has 2 aromatic carbocycles. The van der Waals surface area contributed by atoms with Crippen LogP contribution in [0.3, 0.4) is 0 Å². The van der Waals surface area contributed by atoms with Crippen LogP contribution in [0.15, 0.2) is 80.2 Å². The number of hydrogen-bond acceptors (Lipinski definition) is 6. The molecule has 1 aliphatic heterocycles. The maximum absolute atomic E-state index is 12.7. The first-order valence-corrected chi connectivity index (χ1v) is 10.8. The summed E-state index contributed by atoms with van der Waals surface area (Å²) in [5, 5.41) is 1.50. The molecule has 0 radical (unpaired) electrons. The van der Waals surface area contributed by atoms with Crippen molar-refractivity contribution in [1.82, 2.24) is 9.97 Å². The lowest BCUT2D eigenvalue weighted by Gasteiger charge is -2.11. The highest BCUT2D eigenvalue weighted by atomic mass is 35.5. The van der Waals surface area contributed by atoms with Gasteiger partial charge in [-0.2, -0.15) is 0 Å². The Hall–Kier alpha value is -2.94. The highest BCUT2D eigenvalue weighted by Gasteiger charge is 2.36. The van der Waals surface area contributed by atoms with Gasteiger partial charge in [-0.05, 0) is 72.1 Å². The van der Waals surface area contributed by atoms with Gasteiger partial charge in [-0.3, -0.25) is 9.59 Å². The van der Waals surface area contributed by atoms with E-state index in [1.165, 1.54) is 11.8 Å². The predicted molar refractivity (Wildman–Crippen MR) is 119 cm³/mol. The van der Waals surface area contributed by atoms with Crippen LogP contribution >= 0.6 is 35.1 Å². The molecule has 1 N–H and O–H groups in total. The van der Waals surface area contributed by atoms with Gasteiger partial charge in [0, 0.05) is 11.1 Å². The Morgan fingerprint density at radius 1 is 1.07 bits per heavy atom. The molecule has 6 nitrogen and oxygen atoms in total. The van der Waals surface area contributed by atoms with Crippen molar-refractivity contribution in [3.05, 3.63) is 76.4 Å². The highest BCUT2D eigenvalue weighted by molar-refractivity contribution is 8.19. The number of benzene rings is 2. The van der Waals surface area contributed by atoms with E-state index in [-0.39, 0.29) is 5.24 Å². The number of aromatic nitrogens is 2. The molecule has 0 atom stereocenters. The molecule has 0 saturated carbocycles. The van der Waals surface area contributed by atoms with Crippen molar-refractivity contribution in [3.63, 3.8) is 0 Å². The smallest absolute Gasteiger partial charge is 0.298 e. The number of aromatic amines is 1. The van der Waals surface area contributed by atoms with Crippen molar-refractivity contribution < 1.29 is 14.0 Å². The van der Waals surface area contributed by atoms with E-state index < -0.39 is 5.91 Å². The number of nitrogens with one attached hydrogen (secondary N) is 1. The molecule has 0 bridgehead atoms. The van der Waals surface area contributed by atoms with Gasteiger partial charge < -0.3 is 9.40 Å². The molecule has 3 heterocycles. The zero-order valence-electron chi connectivity index (χ0n) is 15.2. The van der Waals surface area contributed by atoms with Crippen molar-refractivity contribution >= 4 is 69.1 Å². The molecule has 4 aromatic rings. The third kappa shape index (κ3) is 3.65. The third-order valence-corrected chi connectivity index (χ3v) is 6.25. The van der Waals surface area contributed by atoms with Crippen LogP contribution in [0.5, 0.6) is 0 Å². The quantitative estimate of drug-likeness (QED) is 0.370. The summed E-state index contributed by atoms with van der Waals surface area (Å²) < 4.78 is 5.80. The molecule has 148 valence electrons. The third-order valence-electron chi connectivity index (χ3n) is 4.32. The Balaban J connectivity index is 1.35. The Morgan fingerprint density at radius 2 is 1.87 bits per heavy atom. The van der Waals surface area contributed by atoms with Crippen LogP contribution < -0.4 is 4.90 Å². The van der Waals surface area contributed by atoms with E-state index in [2.05, 4.69) is 9.97 Å². The van der Waals surface area contributed by atoms with Crippen LogP contribution in [-0.4, -0.2) is 21.1 Å². The zero-order valence-corrected chi connectivity index (χ0v) is 17.6. The number of carbonyl (C=O) groups is 2. The van der Waals surface area contributed by atoms with E-state index in [0.717, 1.165) is 27.7 Å². The summed E-state index contributed by atoms with van der Waals surface area (Å²) >= 11 is 8.10. The summed E-state index contributed by atoms with van der Waals surface area (Å²) in [4.78, 5) is 34.2. The molecular weight excluding hydrogens is 442 g/mol. The summed E-state index contributed by atoms with van der Waals surface area (Å²) in [7, 11) is 0. The first kappa shape index (κ1) is 19.0. The molecule has 30 heavy (non-hydrogen) atoms. The van der Waals surface area contributed by atoms with Crippen molar-refractivity contribution in [2.45, 2.75) is 10.2 Å². The standard InChI is InChI=1S/C21H12ClN3O3S2/c22-12-5-7-13(8-6-12)25-19(26)17(29-21(25)27)11-14-9-10-18(28-14)30-20-23-15-3-1-2-4-16(15)24-20/h1-11H,(H,23,24)/b17-11+. The second-order valence-corrected chi connectivity index (χ2v) is 8.73. The number of halogens is 1. The van der Waals surface area contributed by atoms with E-state index in [1.807, 2.05) is 24.3 Å². The SMILES string of the molecule is O=C1S/C(=C/c2ccc(Sc3nc4ccccc4[nH]3)o2)C(=O)N1c1ccc(Cl)cc1. The van der Waals surface area contributed by atoms with E-state index in [1.54, 1.807) is 42.5 Å². The lowest BCUT2D eigenvalue weighted by Crippen LogP contribution is -2.27. The number of anilines is 1. The Kier molecular flexibility index (Phi) is 4.90. The highest BCUT2D eigenvalue weighted by Crippen LogP contribution is 2.37. The van der Waals surface area contributed by atoms with Crippen LogP contribution in [0.1, 0.15) is 5.76 Å². The van der Waals surface area contributed by atoms with Gasteiger partial charge >= 0.3 is 0 Å². The number of carbonyl (C=O) groups excluding carboxylic acids is 2. The molecule has 2 amide bonds. The summed E-state index contributed by atoms with van der Waals surface area (Å²) in [5.41, 5.74) is 2.30. The predicted octanol–water partition coefficient (Wildman–Crippen LogP) is 6.20. The number of furan rings is 1. The molecule has 5 rings (SSSR count). The van der Waals surface area contributed by atoms with Gasteiger partial charge in [0.25, 0.3) is 11.1 Å². The minimum atomic E-state index is -0.393. The molecule has 2 aromatic heterocycles. The molecular formula is C21H12ClN3O3S2. The van der Waals surface area contributed by atoms with Crippen LogP contribution in [0, 0.1) is 0 Å². The van der Waals surface area contributed by atoms with Crippen LogP contribution in [-0.2, 0) is 4.79 Å². The van der Waals surface area contributed by atoms with Gasteiger partial charge in [0.05, 0.1) is 21.6 Å². The lowest BCUT2D eigenvalue weighted by atomic mass is 10.3. The maximum atomic E-state index is 12.7. The largest absolute Gasteiger partial charge is 0.450 e. The molecule has 9 heteroatoms. The minimum Gasteiger partial charge on any atom is -0.450 e. The van der Waals surface area contributed by atoms with Gasteiger partial charge in [0.2, 0.25) is 0 Å². The summed E-state index contributed by atoms with van der Waals surface area (Å²) in [6, 6.07) is 17.9. The van der Waals surface area contributed by atoms with E-state index in [4.69, 9.17) is 16.0 Å². The molecule has 1 aliphatic rings. The van der Waals surface area contributed by atoms with Gasteiger partial charge in [-0.15, -0.1) is 0 Å². The van der Waals surface area contributed by atoms with Gasteiger partial charge in [0.1, 0.15) is 5.76 Å². The number of para-hydroxylation sites is 2. The van der Waals surface area contributed by atoms with Gasteiger partial charge in [-0.25, -0.2) is 9.88 Å². The average Bonchev–Trinajstić information content (AvgIpc) is 3.41. The number of imide groups is 1. The normalized spacial score (nSPS) is 15.6. The molecule has 0 spiro atoms. The van der Waals surface area contributed by atoms with E-state index in [0.29, 0.717) is 31.6 Å². The zero-order chi connectivity index (χ0) is 20.7. The fourth-order valence-electron chi connectivity index (χ4n) is 2.95. The minimum absolute atomic E-state index is 0.296. The second-order valence-electron chi connectivity index (χ2n) is 6.31. The maximum Gasteiger partial charge on any atom is 0.298 e. The summed E-state index contributed by atoms with van der Waals surface area (Å²) in [6.45, 7) is 0. The van der Waals surface area contributed by atoms with Crippen molar-refractivity contribution in [2.24, 2.45) is 0 Å². The Morgan fingerprint density at radius 3 is 2.67 bits per heavy atom. The van der Waals surface area contributed by atoms with E-state index in [9.17, 15) is 9.59 Å². The number of thioether (sulfide) groups is 1. The van der Waals surface area contributed by atoms with Crippen LogP contribution in [0.4, 0.5) is 10.5 Å². The molecule has 0 unspecified atom stereocenters. The molecule has 1 saturated heterocycles. The van der Waals surface area contributed by atoms with Crippen molar-refractivity contribution in [3.8, 4) is 0 Å². The summed E-state index contributed by atoms with van der Waals surface area (Å²) in [5.74, 6) is 0.0884. The van der Waals surface area contributed by atoms with Gasteiger partial charge in [-0.1, -0.05) is 23.7 Å². The number of hydrogen-bond donors (Lipinski definition) is 1. The summed E-state index contributed by atoms with van der Waals surface area (Å²) in [6.07, 6.45) is 1.57. The Labute approximate surface area is 184 Å². The number of fused-ring (bicyclic) bond motifs is 1. The first-order valence-electron chi connectivity index (χ1n) is 8.83. The number of imidazole rings is 1. The van der Waals surface area contributed by atoms with Gasteiger partial charge in [0.15, 0.2) is 10.2 Å². The molecule has 0 aliphatic carbocycles. The van der Waals surface area contributed by atoms with Crippen LogP contribution in [0.25, 0.3) is 17.1 Å². The fraction of sp³-hybridized carbons (Fsp3) is 0. The number of rotatable bonds is 4. The average molecular weight is 454 g/mol. The Bertz CT molecular complexity index is 1280. The lowest BCUT2D eigenvalue weighted by molar-refractivity contribution is -0.113. The van der Waals surface area contributed by atoms with Crippen molar-refractivity contribution in [1.29, 1.82) is 0 Å². The topological polar surface area (TPSA) is 79.2 Å². The second kappa shape index (κ2) is 7.71.